The minimum Gasteiger partial charge on any atom is -0.455 e. The summed E-state index contributed by atoms with van der Waals surface area (Å²) in [5.41, 5.74) is 18.8. The molecular weight excluding hydrogens is 741 g/mol. The highest BCUT2D eigenvalue weighted by molar-refractivity contribution is 6.14. The van der Waals surface area contributed by atoms with Crippen molar-refractivity contribution in [2.75, 3.05) is 0 Å². The Bertz CT molecular complexity index is 3750. The average Bonchev–Trinajstić information content (AvgIpc) is 3.99. The number of hydrogen-bond donors (Lipinski definition) is 0. The molecule has 3 heterocycles. The molecule has 9 aromatic carbocycles. The van der Waals surface area contributed by atoms with E-state index in [0.29, 0.717) is 0 Å². The zero-order valence-corrected chi connectivity index (χ0v) is 33.3. The first-order valence-corrected chi connectivity index (χ1v) is 21.2. The maximum Gasteiger partial charge on any atom is 0.143 e. The number of hydrogen-bond acceptors (Lipinski definition) is 1. The van der Waals surface area contributed by atoms with E-state index in [0.717, 1.165) is 51.6 Å². The minimum absolute atomic E-state index is 0.911. The van der Waals surface area contributed by atoms with Crippen LogP contribution in [0.3, 0.4) is 0 Å². The van der Waals surface area contributed by atoms with Gasteiger partial charge in [0.05, 0.1) is 22.1 Å². The van der Waals surface area contributed by atoms with Crippen LogP contribution in [0.5, 0.6) is 0 Å². The zero-order valence-electron chi connectivity index (χ0n) is 33.3. The van der Waals surface area contributed by atoms with Gasteiger partial charge >= 0.3 is 0 Å². The lowest BCUT2D eigenvalue weighted by Gasteiger charge is -2.14. The number of aryl methyl sites for hydroxylation is 1. The van der Waals surface area contributed by atoms with Crippen molar-refractivity contribution >= 4 is 71.6 Å². The summed E-state index contributed by atoms with van der Waals surface area (Å²) in [6.07, 6.45) is 6.79. The molecule has 0 radical (unpaired) electrons. The van der Waals surface area contributed by atoms with Gasteiger partial charge in [-0.05, 0) is 125 Å². The van der Waals surface area contributed by atoms with Crippen LogP contribution in [0, 0.1) is 0 Å². The Morgan fingerprint density at radius 3 is 1.70 bits per heavy atom. The third-order valence-electron chi connectivity index (χ3n) is 13.0. The first kappa shape index (κ1) is 34.0. The summed E-state index contributed by atoms with van der Waals surface area (Å²) in [6.45, 7) is 0. The lowest BCUT2D eigenvalue weighted by Crippen LogP contribution is -1.99. The molecule has 0 spiro atoms. The van der Waals surface area contributed by atoms with Crippen molar-refractivity contribution in [3.05, 3.63) is 211 Å². The highest BCUT2D eigenvalue weighted by Gasteiger charge is 2.18. The summed E-state index contributed by atoms with van der Waals surface area (Å²) < 4.78 is 11.3. The van der Waals surface area contributed by atoms with E-state index < -0.39 is 0 Å². The Kier molecular flexibility index (Phi) is 7.43. The van der Waals surface area contributed by atoms with E-state index in [4.69, 9.17) is 4.42 Å². The normalized spacial score (nSPS) is 12.7. The molecular formula is C58H38N2O. The summed E-state index contributed by atoms with van der Waals surface area (Å²) in [7, 11) is 0. The van der Waals surface area contributed by atoms with Crippen molar-refractivity contribution in [2.24, 2.45) is 0 Å². The number of allylic oxidation sites excluding steroid dienone is 1. The first-order chi connectivity index (χ1) is 30.2. The number of benzene rings is 9. The number of fused-ring (bicyclic) bond motifs is 10. The van der Waals surface area contributed by atoms with Crippen LogP contribution in [0.15, 0.2) is 205 Å². The fraction of sp³-hybridized carbons (Fsp3) is 0.0345. The van der Waals surface area contributed by atoms with Crippen LogP contribution in [0.1, 0.15) is 17.5 Å². The summed E-state index contributed by atoms with van der Waals surface area (Å²) in [5.74, 6) is 0. The van der Waals surface area contributed by atoms with Gasteiger partial charge in [0.15, 0.2) is 0 Å². The molecule has 12 aromatic rings. The lowest BCUT2D eigenvalue weighted by molar-refractivity contribution is 0.670. The fourth-order valence-electron chi connectivity index (χ4n) is 10.0. The molecule has 3 aromatic heterocycles. The number of para-hydroxylation sites is 4. The van der Waals surface area contributed by atoms with Crippen LogP contribution < -0.4 is 0 Å². The molecule has 0 unspecified atom stereocenters. The van der Waals surface area contributed by atoms with Gasteiger partial charge in [0, 0.05) is 49.3 Å². The fourth-order valence-corrected chi connectivity index (χ4v) is 10.0. The second-order valence-electron chi connectivity index (χ2n) is 16.4. The molecule has 0 saturated heterocycles. The Labute approximate surface area is 352 Å². The molecule has 0 N–H and O–H groups in total. The van der Waals surface area contributed by atoms with Crippen molar-refractivity contribution in [2.45, 2.75) is 12.8 Å². The standard InChI is InChI=1S/C58H38N2O/c1-2-13-44(14-3-1)59-55-31-27-42(35-51(55)52-36-43(28-32-56(52)59)46-17-10-18-49-48-16-7-9-20-57(48)61-58(46)49)39-23-21-38(22-24-39)41-26-30-54-50(34-41)47-15-6-8-19-53(47)60(54)45-29-25-37-11-4-5-12-40(37)33-45/h1-3,5-10,12-36H,4,11H2. The van der Waals surface area contributed by atoms with E-state index in [-0.39, 0.29) is 0 Å². The lowest BCUT2D eigenvalue weighted by atomic mass is 9.97. The first-order valence-electron chi connectivity index (χ1n) is 21.2. The van der Waals surface area contributed by atoms with Crippen molar-refractivity contribution < 1.29 is 4.42 Å². The Balaban J connectivity index is 0.910. The largest absolute Gasteiger partial charge is 0.455 e. The summed E-state index contributed by atoms with van der Waals surface area (Å²) in [6, 6.07) is 71.0. The van der Waals surface area contributed by atoms with Crippen molar-refractivity contribution in [3.8, 4) is 44.8 Å². The number of rotatable bonds is 5. The van der Waals surface area contributed by atoms with Crippen LogP contribution in [0.4, 0.5) is 0 Å². The molecule has 0 atom stereocenters. The molecule has 3 nitrogen and oxygen atoms in total. The van der Waals surface area contributed by atoms with Gasteiger partial charge in [-0.25, -0.2) is 0 Å². The molecule has 0 fully saturated rings. The van der Waals surface area contributed by atoms with Gasteiger partial charge in [-0.3, -0.25) is 0 Å². The van der Waals surface area contributed by atoms with E-state index >= 15 is 0 Å². The zero-order chi connectivity index (χ0) is 40.0. The molecule has 0 saturated carbocycles. The second-order valence-corrected chi connectivity index (χ2v) is 16.4. The van der Waals surface area contributed by atoms with E-state index in [2.05, 4.69) is 209 Å². The maximum absolute atomic E-state index is 6.50. The summed E-state index contributed by atoms with van der Waals surface area (Å²) in [4.78, 5) is 0. The van der Waals surface area contributed by atoms with E-state index in [1.54, 1.807) is 0 Å². The predicted molar refractivity (Wildman–Crippen MR) is 256 cm³/mol. The monoisotopic (exact) mass is 778 g/mol. The predicted octanol–water partition coefficient (Wildman–Crippen LogP) is 15.7. The maximum atomic E-state index is 6.50. The highest BCUT2D eigenvalue weighted by Crippen LogP contribution is 2.41. The highest BCUT2D eigenvalue weighted by atomic mass is 16.3. The van der Waals surface area contributed by atoms with E-state index in [1.807, 2.05) is 6.07 Å². The smallest absolute Gasteiger partial charge is 0.143 e. The SMILES string of the molecule is C1=Cc2cc(-n3c4ccccc4c4cc(-c5ccc(-c6ccc7c(c6)c6cc(-c8cccc9c8oc8ccccc89)ccc6n7-c6ccccc6)cc5)ccc43)ccc2CC1. The third kappa shape index (κ3) is 5.30. The summed E-state index contributed by atoms with van der Waals surface area (Å²) in [5, 5.41) is 7.24. The van der Waals surface area contributed by atoms with Gasteiger partial charge in [-0.2, -0.15) is 0 Å². The topological polar surface area (TPSA) is 23.0 Å². The van der Waals surface area contributed by atoms with Crippen molar-refractivity contribution in [1.82, 2.24) is 9.13 Å². The van der Waals surface area contributed by atoms with Crippen LogP contribution in [0.25, 0.3) is 116 Å². The summed E-state index contributed by atoms with van der Waals surface area (Å²) >= 11 is 0. The number of furan rings is 1. The molecule has 61 heavy (non-hydrogen) atoms. The average molecular weight is 779 g/mol. The number of nitrogens with zero attached hydrogens (tertiary/aromatic N) is 2. The van der Waals surface area contributed by atoms with Crippen molar-refractivity contribution in [3.63, 3.8) is 0 Å². The minimum atomic E-state index is 0.911. The van der Waals surface area contributed by atoms with Gasteiger partial charge in [0.2, 0.25) is 0 Å². The molecule has 0 amide bonds. The van der Waals surface area contributed by atoms with E-state index in [1.165, 1.54) is 82.7 Å². The van der Waals surface area contributed by atoms with Crippen LogP contribution in [0.2, 0.25) is 0 Å². The van der Waals surface area contributed by atoms with Gasteiger partial charge in [-0.1, -0.05) is 133 Å². The quantitative estimate of drug-likeness (QED) is 0.171. The van der Waals surface area contributed by atoms with Crippen LogP contribution in [-0.4, -0.2) is 9.13 Å². The molecule has 286 valence electrons. The van der Waals surface area contributed by atoms with Gasteiger partial charge < -0.3 is 13.6 Å². The Hall–Kier alpha value is -7.88. The molecule has 1 aliphatic rings. The van der Waals surface area contributed by atoms with Crippen LogP contribution in [-0.2, 0) is 6.42 Å². The number of aromatic nitrogens is 2. The van der Waals surface area contributed by atoms with Crippen LogP contribution >= 0.6 is 0 Å². The second kappa shape index (κ2) is 13.3. The molecule has 3 heteroatoms. The molecule has 13 rings (SSSR count). The molecule has 0 bridgehead atoms. The molecule has 1 aliphatic carbocycles. The van der Waals surface area contributed by atoms with Gasteiger partial charge in [0.1, 0.15) is 11.2 Å². The van der Waals surface area contributed by atoms with Gasteiger partial charge in [-0.15, -0.1) is 0 Å². The van der Waals surface area contributed by atoms with E-state index in [9.17, 15) is 0 Å². The van der Waals surface area contributed by atoms with Crippen molar-refractivity contribution in [1.29, 1.82) is 0 Å². The third-order valence-corrected chi connectivity index (χ3v) is 13.0. The van der Waals surface area contributed by atoms with Gasteiger partial charge in [0.25, 0.3) is 0 Å². The Morgan fingerprint density at radius 2 is 0.951 bits per heavy atom. The molecule has 0 aliphatic heterocycles. The Morgan fingerprint density at radius 1 is 0.377 bits per heavy atom.